The maximum Gasteiger partial charge on any atom is -0.00419 e. The standard InChI is InChI=1S/C15H22/c1-12-11-15(9-5-2-6-10-15)14-8-4-3-7-13(12)14/h1-11H2. The van der Waals surface area contributed by atoms with Crippen molar-refractivity contribution in [3.05, 3.63) is 23.3 Å². The topological polar surface area (TPSA) is 0 Å². The van der Waals surface area contributed by atoms with Gasteiger partial charge in [0, 0.05) is 0 Å². The summed E-state index contributed by atoms with van der Waals surface area (Å²) >= 11 is 0. The van der Waals surface area contributed by atoms with Crippen molar-refractivity contribution in [1.82, 2.24) is 0 Å². The summed E-state index contributed by atoms with van der Waals surface area (Å²) in [6, 6.07) is 0. The van der Waals surface area contributed by atoms with Crippen LogP contribution in [0.25, 0.3) is 0 Å². The highest BCUT2D eigenvalue weighted by Crippen LogP contribution is 2.57. The summed E-state index contributed by atoms with van der Waals surface area (Å²) in [6.45, 7) is 4.33. The second-order valence-corrected chi connectivity index (χ2v) is 5.79. The lowest BCUT2D eigenvalue weighted by atomic mass is 9.67. The molecule has 3 aliphatic rings. The smallest absolute Gasteiger partial charge is 0.00419 e. The Morgan fingerprint density at radius 3 is 2.40 bits per heavy atom. The van der Waals surface area contributed by atoms with Gasteiger partial charge in [-0.15, -0.1) is 0 Å². The average molecular weight is 202 g/mol. The minimum atomic E-state index is 0.616. The Hall–Kier alpha value is -0.520. The second-order valence-electron chi connectivity index (χ2n) is 5.79. The van der Waals surface area contributed by atoms with Crippen LogP contribution in [0.1, 0.15) is 64.2 Å². The second kappa shape index (κ2) is 3.50. The van der Waals surface area contributed by atoms with Gasteiger partial charge in [-0.1, -0.05) is 37.0 Å². The minimum absolute atomic E-state index is 0.616. The molecule has 15 heavy (non-hydrogen) atoms. The van der Waals surface area contributed by atoms with Crippen molar-refractivity contribution < 1.29 is 0 Å². The van der Waals surface area contributed by atoms with E-state index in [9.17, 15) is 0 Å². The number of rotatable bonds is 0. The molecule has 0 heterocycles. The summed E-state index contributed by atoms with van der Waals surface area (Å²) in [7, 11) is 0. The fraction of sp³-hybridized carbons (Fsp3) is 0.733. The molecule has 0 N–H and O–H groups in total. The van der Waals surface area contributed by atoms with Crippen molar-refractivity contribution in [3.8, 4) is 0 Å². The predicted octanol–water partition coefficient (Wildman–Crippen LogP) is 4.77. The monoisotopic (exact) mass is 202 g/mol. The predicted molar refractivity (Wildman–Crippen MR) is 64.8 cm³/mol. The SMILES string of the molecule is C=C1CC2(CCCCC2)C2=C1CCCC2. The van der Waals surface area contributed by atoms with Crippen LogP contribution in [0.3, 0.4) is 0 Å². The summed E-state index contributed by atoms with van der Waals surface area (Å²) in [4.78, 5) is 0. The van der Waals surface area contributed by atoms with Crippen LogP contribution in [0.5, 0.6) is 0 Å². The third-order valence-electron chi connectivity index (χ3n) is 4.90. The molecule has 0 aromatic rings. The summed E-state index contributed by atoms with van der Waals surface area (Å²) in [5.74, 6) is 0. The number of hydrogen-bond acceptors (Lipinski definition) is 0. The van der Waals surface area contributed by atoms with Gasteiger partial charge < -0.3 is 0 Å². The molecule has 0 saturated heterocycles. The highest BCUT2D eigenvalue weighted by Gasteiger charge is 2.42. The minimum Gasteiger partial charge on any atom is -0.0955 e. The normalized spacial score (nSPS) is 29.7. The van der Waals surface area contributed by atoms with Crippen LogP contribution in [0, 0.1) is 5.41 Å². The fourth-order valence-corrected chi connectivity index (χ4v) is 4.21. The van der Waals surface area contributed by atoms with Crippen molar-refractivity contribution in [2.24, 2.45) is 5.41 Å². The van der Waals surface area contributed by atoms with Crippen LogP contribution in [-0.2, 0) is 0 Å². The first-order chi connectivity index (χ1) is 7.32. The molecule has 0 atom stereocenters. The van der Waals surface area contributed by atoms with E-state index >= 15 is 0 Å². The Kier molecular flexibility index (Phi) is 2.26. The maximum atomic E-state index is 4.33. The first kappa shape index (κ1) is 9.69. The lowest BCUT2D eigenvalue weighted by Crippen LogP contribution is -2.24. The zero-order valence-corrected chi connectivity index (χ0v) is 9.78. The van der Waals surface area contributed by atoms with Crippen LogP contribution in [-0.4, -0.2) is 0 Å². The molecule has 0 aromatic carbocycles. The van der Waals surface area contributed by atoms with Crippen molar-refractivity contribution in [3.63, 3.8) is 0 Å². The molecular weight excluding hydrogens is 180 g/mol. The molecule has 0 bridgehead atoms. The molecule has 0 radical (unpaired) electrons. The van der Waals surface area contributed by atoms with Crippen LogP contribution in [0.15, 0.2) is 23.3 Å². The van der Waals surface area contributed by atoms with E-state index in [4.69, 9.17) is 0 Å². The van der Waals surface area contributed by atoms with Gasteiger partial charge in [-0.25, -0.2) is 0 Å². The third-order valence-corrected chi connectivity index (χ3v) is 4.90. The van der Waals surface area contributed by atoms with E-state index in [1.165, 1.54) is 69.8 Å². The maximum absolute atomic E-state index is 4.33. The van der Waals surface area contributed by atoms with Gasteiger partial charge in [0.25, 0.3) is 0 Å². The van der Waals surface area contributed by atoms with Gasteiger partial charge in [0.2, 0.25) is 0 Å². The summed E-state index contributed by atoms with van der Waals surface area (Å²) in [5, 5.41) is 0. The quantitative estimate of drug-likeness (QED) is 0.531. The molecule has 3 aliphatic carbocycles. The van der Waals surface area contributed by atoms with E-state index in [1.54, 1.807) is 5.57 Å². The molecule has 0 heteroatoms. The Labute approximate surface area is 93.5 Å². The summed E-state index contributed by atoms with van der Waals surface area (Å²) in [5.41, 5.74) is 5.69. The van der Waals surface area contributed by atoms with Crippen LogP contribution >= 0.6 is 0 Å². The first-order valence-corrected chi connectivity index (χ1v) is 6.72. The molecule has 1 spiro atoms. The molecule has 82 valence electrons. The zero-order chi connectivity index (χ0) is 10.3. The van der Waals surface area contributed by atoms with Crippen molar-refractivity contribution >= 4 is 0 Å². The molecule has 3 rings (SSSR count). The van der Waals surface area contributed by atoms with Gasteiger partial charge in [0.1, 0.15) is 0 Å². The molecule has 0 aromatic heterocycles. The van der Waals surface area contributed by atoms with E-state index in [1.807, 2.05) is 5.57 Å². The van der Waals surface area contributed by atoms with Gasteiger partial charge in [-0.05, 0) is 55.9 Å². The van der Waals surface area contributed by atoms with Crippen molar-refractivity contribution in [2.75, 3.05) is 0 Å². The summed E-state index contributed by atoms with van der Waals surface area (Å²) < 4.78 is 0. The highest BCUT2D eigenvalue weighted by molar-refractivity contribution is 5.46. The average Bonchev–Trinajstić information content (AvgIpc) is 2.55. The molecule has 0 unspecified atom stereocenters. The van der Waals surface area contributed by atoms with E-state index in [-0.39, 0.29) is 0 Å². The van der Waals surface area contributed by atoms with Crippen LogP contribution < -0.4 is 0 Å². The Morgan fingerprint density at radius 2 is 1.60 bits per heavy atom. The van der Waals surface area contributed by atoms with Gasteiger partial charge in [-0.3, -0.25) is 0 Å². The fourth-order valence-electron chi connectivity index (χ4n) is 4.21. The highest BCUT2D eigenvalue weighted by atomic mass is 14.5. The van der Waals surface area contributed by atoms with Gasteiger partial charge in [0.05, 0.1) is 0 Å². The lowest BCUT2D eigenvalue weighted by Gasteiger charge is -2.37. The summed E-state index contributed by atoms with van der Waals surface area (Å²) in [6.07, 6.45) is 14.2. The Morgan fingerprint density at radius 1 is 0.867 bits per heavy atom. The number of fused-ring (bicyclic) bond motifs is 1. The zero-order valence-electron chi connectivity index (χ0n) is 9.78. The third kappa shape index (κ3) is 1.41. The van der Waals surface area contributed by atoms with E-state index in [0.717, 1.165) is 0 Å². The molecule has 1 saturated carbocycles. The molecule has 1 fully saturated rings. The lowest BCUT2D eigenvalue weighted by molar-refractivity contribution is 0.240. The van der Waals surface area contributed by atoms with Gasteiger partial charge in [0.15, 0.2) is 0 Å². The van der Waals surface area contributed by atoms with E-state index in [0.29, 0.717) is 5.41 Å². The first-order valence-electron chi connectivity index (χ1n) is 6.72. The molecule has 0 aliphatic heterocycles. The van der Waals surface area contributed by atoms with Gasteiger partial charge in [-0.2, -0.15) is 0 Å². The Bertz CT molecular complexity index is 313. The number of hydrogen-bond donors (Lipinski definition) is 0. The van der Waals surface area contributed by atoms with Crippen molar-refractivity contribution in [1.29, 1.82) is 0 Å². The molecular formula is C15H22. The van der Waals surface area contributed by atoms with Crippen LogP contribution in [0.2, 0.25) is 0 Å². The van der Waals surface area contributed by atoms with Crippen molar-refractivity contribution in [2.45, 2.75) is 64.2 Å². The van der Waals surface area contributed by atoms with E-state index < -0.39 is 0 Å². The van der Waals surface area contributed by atoms with Crippen LogP contribution in [0.4, 0.5) is 0 Å². The number of allylic oxidation sites excluding steroid dienone is 3. The molecule has 0 amide bonds. The molecule has 0 nitrogen and oxygen atoms in total. The largest absolute Gasteiger partial charge is 0.0955 e. The Balaban J connectivity index is 1.97. The van der Waals surface area contributed by atoms with Gasteiger partial charge >= 0.3 is 0 Å². The van der Waals surface area contributed by atoms with E-state index in [2.05, 4.69) is 6.58 Å².